The third-order valence-corrected chi connectivity index (χ3v) is 0. The predicted octanol–water partition coefficient (Wildman–Crippen LogP) is -0.126. The Kier molecular flexibility index (Phi) is 301. The molecule has 0 unspecified atom stereocenters. The molecule has 0 spiro atoms. The maximum atomic E-state index is 0. The molecule has 0 atom stereocenters. The first-order valence-electron chi connectivity index (χ1n) is 0. The van der Waals surface area contributed by atoms with Gasteiger partial charge in [0.15, 0.2) is 0 Å². The molecule has 0 aliphatic carbocycles. The Bertz CT molecular complexity index is 8.00. The first-order chi connectivity index (χ1) is 0. The van der Waals surface area contributed by atoms with Crippen LogP contribution in [0.2, 0.25) is 0 Å². The molecule has 0 aliphatic rings. The van der Waals surface area contributed by atoms with Gasteiger partial charge in [0.2, 0.25) is 0 Å². The van der Waals surface area contributed by atoms with Gasteiger partial charge in [-0.15, -0.1) is 0 Å². The van der Waals surface area contributed by atoms with Gasteiger partial charge in [-0.25, -0.2) is 0 Å². The molecule has 0 rings (SSSR count). The van der Waals surface area contributed by atoms with E-state index in [0.29, 0.717) is 0 Å². The molecule has 0 aromatic heterocycles. The standard InChI is InChI=1S/Cr.Fe.Ni.O/q;;+2;-2. The summed E-state index contributed by atoms with van der Waals surface area (Å²) in [4.78, 5) is 0. The van der Waals surface area contributed by atoms with Crippen LogP contribution in [0.1, 0.15) is 0 Å². The van der Waals surface area contributed by atoms with Crippen molar-refractivity contribution in [3.05, 3.63) is 0 Å². The van der Waals surface area contributed by atoms with E-state index in [0.717, 1.165) is 0 Å². The van der Waals surface area contributed by atoms with Gasteiger partial charge in [-0.05, 0) is 0 Å². The van der Waals surface area contributed by atoms with Crippen molar-refractivity contribution >= 4 is 0 Å². The van der Waals surface area contributed by atoms with E-state index in [1.807, 2.05) is 0 Å². The molecule has 0 bridgehead atoms. The monoisotopic (exact) mass is 182 g/mol. The molecule has 0 saturated carbocycles. The van der Waals surface area contributed by atoms with E-state index < -0.39 is 0 Å². The molecular weight excluding hydrogens is 183 g/mol. The van der Waals surface area contributed by atoms with Crippen LogP contribution in [0.15, 0.2) is 0 Å². The summed E-state index contributed by atoms with van der Waals surface area (Å²) in [5.41, 5.74) is 0. The zero-order chi connectivity index (χ0) is 0. The second kappa shape index (κ2) is 24.4. The van der Waals surface area contributed by atoms with Gasteiger partial charge in [-0.2, -0.15) is 0 Å². The van der Waals surface area contributed by atoms with Crippen molar-refractivity contribution in [2.24, 2.45) is 0 Å². The van der Waals surface area contributed by atoms with Gasteiger partial charge in [0.05, 0.1) is 0 Å². The third kappa shape index (κ3) is 9.71. The van der Waals surface area contributed by atoms with Gasteiger partial charge in [0, 0.05) is 34.4 Å². The topological polar surface area (TPSA) is 28.5 Å². The van der Waals surface area contributed by atoms with Crippen molar-refractivity contribution in [3.63, 3.8) is 0 Å². The maximum Gasteiger partial charge on any atom is 2.00 e. The van der Waals surface area contributed by atoms with E-state index in [2.05, 4.69) is 0 Å². The van der Waals surface area contributed by atoms with Crippen LogP contribution < -0.4 is 0 Å². The number of rotatable bonds is 0. The summed E-state index contributed by atoms with van der Waals surface area (Å²) in [6.07, 6.45) is 0. The van der Waals surface area contributed by atoms with Crippen molar-refractivity contribution in [3.8, 4) is 0 Å². The first-order valence-corrected chi connectivity index (χ1v) is 0. The fourth-order valence-corrected chi connectivity index (χ4v) is 0. The number of hydrogen-bond donors (Lipinski definition) is 0. The number of hydrogen-bond acceptors (Lipinski definition) is 0. The Morgan fingerprint density at radius 2 is 1.00 bits per heavy atom. The molecule has 0 N–H and O–H groups in total. The molecule has 1 nitrogen and oxygen atoms in total. The average Bonchev–Trinajstić information content (AvgIpc) is 0. The largest absolute Gasteiger partial charge is 2.00 e. The second-order valence-electron chi connectivity index (χ2n) is 0. The summed E-state index contributed by atoms with van der Waals surface area (Å²) >= 11 is 0. The van der Waals surface area contributed by atoms with Crippen LogP contribution in [-0.2, 0) is 56.4 Å². The minimum atomic E-state index is 0. The molecule has 0 aromatic carbocycles. The summed E-state index contributed by atoms with van der Waals surface area (Å²) in [5, 5.41) is 0. The normalized spacial score (nSPS) is 0. The van der Waals surface area contributed by atoms with Crippen molar-refractivity contribution < 1.29 is 56.4 Å². The van der Waals surface area contributed by atoms with Crippen LogP contribution in [0.4, 0.5) is 0 Å². The SMILES string of the molecule is [Cr].[Fe].[Ni+2].[O-2]. The van der Waals surface area contributed by atoms with Crippen molar-refractivity contribution in [1.29, 1.82) is 0 Å². The van der Waals surface area contributed by atoms with Crippen LogP contribution in [0.25, 0.3) is 0 Å². The molecule has 0 aliphatic heterocycles. The van der Waals surface area contributed by atoms with Crippen molar-refractivity contribution in [2.75, 3.05) is 0 Å². The average molecular weight is 183 g/mol. The van der Waals surface area contributed by atoms with Gasteiger partial charge in [0.25, 0.3) is 0 Å². The zero-order valence-electron chi connectivity index (χ0n) is 1.49. The van der Waals surface area contributed by atoms with E-state index >= 15 is 0 Å². The first kappa shape index (κ1) is 49.3. The molecule has 4 heavy (non-hydrogen) atoms. The summed E-state index contributed by atoms with van der Waals surface area (Å²) in [6.45, 7) is 0. The fraction of sp³-hybridized carbons (Fsp3) is 0. The van der Waals surface area contributed by atoms with Crippen molar-refractivity contribution in [2.45, 2.75) is 0 Å². The molecule has 0 amide bonds. The van der Waals surface area contributed by atoms with E-state index in [1.54, 1.807) is 0 Å². The Balaban J connectivity index is 0. The van der Waals surface area contributed by atoms with Crippen LogP contribution >= 0.6 is 0 Å². The molecule has 0 radical (unpaired) electrons. The van der Waals surface area contributed by atoms with E-state index in [9.17, 15) is 0 Å². The van der Waals surface area contributed by atoms with Gasteiger partial charge >= 0.3 is 16.5 Å². The van der Waals surface area contributed by atoms with E-state index in [1.165, 1.54) is 0 Å². The van der Waals surface area contributed by atoms with Crippen molar-refractivity contribution in [1.82, 2.24) is 0 Å². The Labute approximate surface area is 56.4 Å². The van der Waals surface area contributed by atoms with Crippen LogP contribution in [0.3, 0.4) is 0 Å². The van der Waals surface area contributed by atoms with Crippen LogP contribution in [-0.4, -0.2) is 0 Å². The van der Waals surface area contributed by atoms with Gasteiger partial charge in [-0.3, -0.25) is 0 Å². The molecule has 0 fully saturated rings. The maximum absolute atomic E-state index is 0. The molecular formula is CrFeNiO. The Morgan fingerprint density at radius 1 is 1.00 bits per heavy atom. The molecule has 0 heterocycles. The Morgan fingerprint density at radius 3 is 1.00 bits per heavy atom. The molecule has 4 heteroatoms. The third-order valence-electron chi connectivity index (χ3n) is 0. The second-order valence-corrected chi connectivity index (χ2v) is 0. The predicted molar refractivity (Wildman–Crippen MR) is 0.686 cm³/mol. The molecule has 0 aromatic rings. The minimum Gasteiger partial charge on any atom is -2.00 e. The van der Waals surface area contributed by atoms with Gasteiger partial charge in [0.1, 0.15) is 0 Å². The summed E-state index contributed by atoms with van der Waals surface area (Å²) < 4.78 is 0. The summed E-state index contributed by atoms with van der Waals surface area (Å²) in [7, 11) is 0. The smallest absolute Gasteiger partial charge is 2.00 e. The fourth-order valence-electron chi connectivity index (χ4n) is 0. The van der Waals surface area contributed by atoms with E-state index in [4.69, 9.17) is 0 Å². The van der Waals surface area contributed by atoms with Crippen LogP contribution in [0, 0.1) is 0 Å². The molecule has 0 saturated heterocycles. The molecule has 30 valence electrons. The Hall–Kier alpha value is 1.51. The quantitative estimate of drug-likeness (QED) is 0.467. The zero-order valence-corrected chi connectivity index (χ0v) is 4.85. The van der Waals surface area contributed by atoms with Gasteiger partial charge in [-0.1, -0.05) is 0 Å². The van der Waals surface area contributed by atoms with Crippen LogP contribution in [0.5, 0.6) is 0 Å². The summed E-state index contributed by atoms with van der Waals surface area (Å²) in [5.74, 6) is 0. The van der Waals surface area contributed by atoms with E-state index in [-0.39, 0.29) is 56.4 Å². The minimum absolute atomic E-state index is 0. The summed E-state index contributed by atoms with van der Waals surface area (Å²) in [6, 6.07) is 0. The van der Waals surface area contributed by atoms with Gasteiger partial charge < -0.3 is 5.48 Å².